The van der Waals surface area contributed by atoms with Crippen molar-refractivity contribution in [1.29, 1.82) is 0 Å². The zero-order valence-electron chi connectivity index (χ0n) is 14.8. The van der Waals surface area contributed by atoms with Gasteiger partial charge >= 0.3 is 11.7 Å². The molecule has 3 rings (SSSR count). The fourth-order valence-corrected chi connectivity index (χ4v) is 3.50. The van der Waals surface area contributed by atoms with Gasteiger partial charge in [0.2, 0.25) is 5.91 Å². The third-order valence-corrected chi connectivity index (χ3v) is 4.90. The van der Waals surface area contributed by atoms with Gasteiger partial charge in [0.25, 0.3) is 0 Å². The second kappa shape index (κ2) is 7.11. The summed E-state index contributed by atoms with van der Waals surface area (Å²) in [6, 6.07) is 6.75. The van der Waals surface area contributed by atoms with Gasteiger partial charge in [-0.2, -0.15) is 4.98 Å². The zero-order chi connectivity index (χ0) is 18.8. The second-order valence-electron chi connectivity index (χ2n) is 6.58. The Hall–Kier alpha value is -2.96. The van der Waals surface area contributed by atoms with Crippen LogP contribution in [-0.2, 0) is 29.0 Å². The molecule has 1 aromatic carbocycles. The maximum Gasteiger partial charge on any atom is 0.345 e. The molecular formula is C19H21N3O4. The second-order valence-corrected chi connectivity index (χ2v) is 6.58. The van der Waals surface area contributed by atoms with Crippen LogP contribution in [0, 0.1) is 13.8 Å². The molecule has 0 fully saturated rings. The molecule has 1 amide bonds. The number of benzene rings is 1. The molecular weight excluding hydrogens is 334 g/mol. The molecule has 7 nitrogen and oxygen atoms in total. The van der Waals surface area contributed by atoms with Gasteiger partial charge < -0.3 is 15.0 Å². The van der Waals surface area contributed by atoms with Crippen LogP contribution in [0.4, 0.5) is 0 Å². The highest BCUT2D eigenvalue weighted by Gasteiger charge is 2.34. The van der Waals surface area contributed by atoms with E-state index in [0.29, 0.717) is 30.8 Å². The first-order chi connectivity index (χ1) is 12.4. The first-order valence-corrected chi connectivity index (χ1v) is 8.52. The summed E-state index contributed by atoms with van der Waals surface area (Å²) in [7, 11) is 0. The zero-order valence-corrected chi connectivity index (χ0v) is 14.8. The number of amides is 1. The molecule has 136 valence electrons. The molecule has 0 unspecified atom stereocenters. The molecule has 26 heavy (non-hydrogen) atoms. The quantitative estimate of drug-likeness (QED) is 0.862. The number of nitrogens with zero attached hydrogens (tertiary/aromatic N) is 2. The van der Waals surface area contributed by atoms with E-state index in [4.69, 9.17) is 0 Å². The first-order valence-electron chi connectivity index (χ1n) is 8.52. The smallest absolute Gasteiger partial charge is 0.345 e. The van der Waals surface area contributed by atoms with Gasteiger partial charge in [-0.15, -0.1) is 0 Å². The number of aliphatic carboxylic acids is 1. The summed E-state index contributed by atoms with van der Waals surface area (Å²) in [5, 5.41) is 9.54. The van der Waals surface area contributed by atoms with E-state index in [2.05, 4.69) is 9.97 Å². The average molecular weight is 355 g/mol. The van der Waals surface area contributed by atoms with Crippen molar-refractivity contribution in [1.82, 2.24) is 14.9 Å². The lowest BCUT2D eigenvalue weighted by molar-refractivity contribution is -0.151. The van der Waals surface area contributed by atoms with Crippen LogP contribution in [0.1, 0.15) is 34.5 Å². The Morgan fingerprint density at radius 1 is 1.27 bits per heavy atom. The van der Waals surface area contributed by atoms with Crippen molar-refractivity contribution in [2.75, 3.05) is 0 Å². The van der Waals surface area contributed by atoms with Crippen LogP contribution >= 0.6 is 0 Å². The molecule has 0 saturated carbocycles. The molecule has 1 aliphatic heterocycles. The van der Waals surface area contributed by atoms with Gasteiger partial charge in [0.15, 0.2) is 0 Å². The van der Waals surface area contributed by atoms with E-state index in [1.54, 1.807) is 13.8 Å². The lowest BCUT2D eigenvalue weighted by Crippen LogP contribution is -2.48. The number of carboxylic acids is 1. The number of carboxylic acid groups (broad SMARTS) is 1. The van der Waals surface area contributed by atoms with Crippen LogP contribution in [-0.4, -0.2) is 37.9 Å². The highest BCUT2D eigenvalue weighted by atomic mass is 16.4. The van der Waals surface area contributed by atoms with Crippen molar-refractivity contribution >= 4 is 11.9 Å². The summed E-state index contributed by atoms with van der Waals surface area (Å²) in [4.78, 5) is 43.7. The molecule has 7 heteroatoms. The van der Waals surface area contributed by atoms with Gasteiger partial charge in [0.05, 0.1) is 0 Å². The summed E-state index contributed by atoms with van der Waals surface area (Å²) in [5.74, 6) is -1.21. The van der Waals surface area contributed by atoms with E-state index >= 15 is 0 Å². The van der Waals surface area contributed by atoms with Crippen molar-refractivity contribution in [3.05, 3.63) is 62.8 Å². The molecule has 1 atom stereocenters. The predicted octanol–water partition coefficient (Wildman–Crippen LogP) is 1.36. The minimum atomic E-state index is -0.995. The summed E-state index contributed by atoms with van der Waals surface area (Å²) < 4.78 is 0. The largest absolute Gasteiger partial charge is 0.480 e. The van der Waals surface area contributed by atoms with Crippen LogP contribution in [0.5, 0.6) is 0 Å². The monoisotopic (exact) mass is 355 g/mol. The molecule has 0 radical (unpaired) electrons. The van der Waals surface area contributed by atoms with Crippen molar-refractivity contribution < 1.29 is 14.7 Å². The van der Waals surface area contributed by atoms with Crippen LogP contribution in [0.25, 0.3) is 0 Å². The van der Waals surface area contributed by atoms with E-state index in [-0.39, 0.29) is 12.3 Å². The number of hydrogen-bond acceptors (Lipinski definition) is 4. The lowest BCUT2D eigenvalue weighted by atomic mass is 9.93. The maximum absolute atomic E-state index is 12.8. The van der Waals surface area contributed by atoms with Crippen molar-refractivity contribution in [2.45, 2.75) is 45.7 Å². The summed E-state index contributed by atoms with van der Waals surface area (Å²) in [6.07, 6.45) is 0.891. The summed E-state index contributed by atoms with van der Waals surface area (Å²) in [5.41, 5.74) is 3.65. The average Bonchev–Trinajstić information content (AvgIpc) is 2.59. The van der Waals surface area contributed by atoms with Crippen molar-refractivity contribution in [3.8, 4) is 0 Å². The Balaban J connectivity index is 1.78. The Morgan fingerprint density at radius 3 is 2.62 bits per heavy atom. The Kier molecular flexibility index (Phi) is 4.88. The SMILES string of the molecule is Cc1nc(=O)[nH]c(C)c1CCC(=O)N1Cc2ccccc2C[C@H]1C(=O)O. The van der Waals surface area contributed by atoms with E-state index in [9.17, 15) is 19.5 Å². The molecule has 2 aromatic rings. The third kappa shape index (κ3) is 3.51. The number of H-pyrrole nitrogens is 1. The Labute approximate surface area is 150 Å². The fourth-order valence-electron chi connectivity index (χ4n) is 3.50. The fraction of sp³-hybridized carbons (Fsp3) is 0.368. The van der Waals surface area contributed by atoms with E-state index < -0.39 is 17.7 Å². The number of nitrogens with one attached hydrogen (secondary N) is 1. The number of aromatic amines is 1. The highest BCUT2D eigenvalue weighted by Crippen LogP contribution is 2.24. The molecule has 0 spiro atoms. The van der Waals surface area contributed by atoms with Gasteiger partial charge in [-0.3, -0.25) is 4.79 Å². The maximum atomic E-state index is 12.8. The van der Waals surface area contributed by atoms with Gasteiger partial charge in [0, 0.05) is 30.8 Å². The van der Waals surface area contributed by atoms with Crippen LogP contribution in [0.15, 0.2) is 29.1 Å². The number of aryl methyl sites for hydroxylation is 2. The van der Waals surface area contributed by atoms with Crippen LogP contribution < -0.4 is 5.69 Å². The van der Waals surface area contributed by atoms with Gasteiger partial charge in [-0.25, -0.2) is 9.59 Å². The van der Waals surface area contributed by atoms with Crippen LogP contribution in [0.2, 0.25) is 0 Å². The number of aromatic nitrogens is 2. The van der Waals surface area contributed by atoms with Crippen molar-refractivity contribution in [3.63, 3.8) is 0 Å². The normalized spacial score (nSPS) is 16.2. The number of carbonyl (C=O) groups excluding carboxylic acids is 1. The Morgan fingerprint density at radius 2 is 1.96 bits per heavy atom. The first kappa shape index (κ1) is 17.8. The number of carbonyl (C=O) groups is 2. The Bertz CT molecular complexity index is 893. The van der Waals surface area contributed by atoms with E-state index in [0.717, 1.165) is 16.7 Å². The molecule has 0 bridgehead atoms. The van der Waals surface area contributed by atoms with E-state index in [1.807, 2.05) is 24.3 Å². The third-order valence-electron chi connectivity index (χ3n) is 4.90. The minimum absolute atomic E-state index is 0.168. The highest BCUT2D eigenvalue weighted by molar-refractivity contribution is 5.84. The molecule has 0 saturated heterocycles. The summed E-state index contributed by atoms with van der Waals surface area (Å²) in [6.45, 7) is 3.81. The minimum Gasteiger partial charge on any atom is -0.480 e. The van der Waals surface area contributed by atoms with Gasteiger partial charge in [0.1, 0.15) is 6.04 Å². The molecule has 1 aromatic heterocycles. The predicted molar refractivity (Wildman–Crippen MR) is 94.8 cm³/mol. The van der Waals surface area contributed by atoms with Crippen molar-refractivity contribution in [2.24, 2.45) is 0 Å². The number of hydrogen-bond donors (Lipinski definition) is 2. The number of rotatable bonds is 4. The topological polar surface area (TPSA) is 103 Å². The molecule has 0 aliphatic carbocycles. The van der Waals surface area contributed by atoms with Crippen LogP contribution in [0.3, 0.4) is 0 Å². The summed E-state index contributed by atoms with van der Waals surface area (Å²) >= 11 is 0. The molecule has 2 heterocycles. The van der Waals surface area contributed by atoms with Gasteiger partial charge in [-0.05, 0) is 37.0 Å². The van der Waals surface area contributed by atoms with Gasteiger partial charge in [-0.1, -0.05) is 24.3 Å². The molecule has 2 N–H and O–H groups in total. The van der Waals surface area contributed by atoms with E-state index in [1.165, 1.54) is 4.90 Å². The lowest BCUT2D eigenvalue weighted by Gasteiger charge is -2.34. The standard InChI is InChI=1S/C19H21N3O4/c1-11-15(12(2)21-19(26)20-11)7-8-17(23)22-10-14-6-4-3-5-13(14)9-16(22)18(24)25/h3-6,16H,7-10H2,1-2H3,(H,24,25)(H,20,21,26)/t16-/m0/s1. The number of fused-ring (bicyclic) bond motifs is 1. The molecule has 1 aliphatic rings.